The second-order valence-corrected chi connectivity index (χ2v) is 4.82. The van der Waals surface area contributed by atoms with E-state index in [2.05, 4.69) is 40.6 Å². The van der Waals surface area contributed by atoms with Crippen molar-refractivity contribution in [3.63, 3.8) is 0 Å². The summed E-state index contributed by atoms with van der Waals surface area (Å²) < 4.78 is 0. The first-order chi connectivity index (χ1) is 8.90. The Morgan fingerprint density at radius 1 is 1.06 bits per heavy atom. The number of hydrogen-bond acceptors (Lipinski definition) is 3. The zero-order valence-electron chi connectivity index (χ0n) is 9.93. The summed E-state index contributed by atoms with van der Waals surface area (Å²) in [5, 5.41) is 5.63. The lowest BCUT2D eigenvalue weighted by Gasteiger charge is -2.04. The van der Waals surface area contributed by atoms with Gasteiger partial charge < -0.3 is 5.32 Å². The largest absolute Gasteiger partial charge is 0.311 e. The molecular formula is C15H13N3. The Hall–Kier alpha value is -2.00. The Morgan fingerprint density at radius 3 is 2.67 bits per heavy atom. The number of nitrogens with zero attached hydrogens (tertiary/aromatic N) is 2. The van der Waals surface area contributed by atoms with E-state index in [9.17, 15) is 0 Å². The smallest absolute Gasteiger partial charge is 0.0967 e. The fourth-order valence-corrected chi connectivity index (χ4v) is 2.36. The van der Waals surface area contributed by atoms with E-state index in [1.165, 1.54) is 0 Å². The van der Waals surface area contributed by atoms with Crippen molar-refractivity contribution >= 4 is 21.8 Å². The lowest BCUT2D eigenvalue weighted by atomic mass is 10.1. The summed E-state index contributed by atoms with van der Waals surface area (Å²) in [6.45, 7) is 1.12. The average molecular weight is 235 g/mol. The molecule has 0 amide bonds. The predicted octanol–water partition coefficient (Wildman–Crippen LogP) is 2.30. The number of benzene rings is 1. The lowest BCUT2D eigenvalue weighted by molar-refractivity contribution is 0.898. The molecule has 1 fully saturated rings. The van der Waals surface area contributed by atoms with Crippen LogP contribution in [0.15, 0.2) is 42.6 Å². The maximum Gasteiger partial charge on any atom is 0.0967 e. The molecule has 3 heterocycles. The third kappa shape index (κ3) is 1.64. The van der Waals surface area contributed by atoms with E-state index in [-0.39, 0.29) is 0 Å². The average Bonchev–Trinajstić information content (AvgIpc) is 3.22. The van der Waals surface area contributed by atoms with Gasteiger partial charge in [-0.1, -0.05) is 24.3 Å². The molecule has 18 heavy (non-hydrogen) atoms. The molecule has 0 saturated carbocycles. The standard InChI is InChI=1S/C15H13N3/c1-2-10-3-4-11-5-6-12(8-13-9-17-13)18-15(11)14(10)16-7-1/h1-7,13,17H,8-9H2. The van der Waals surface area contributed by atoms with Crippen LogP contribution in [0.2, 0.25) is 0 Å². The number of aromatic nitrogens is 2. The van der Waals surface area contributed by atoms with Crippen LogP contribution in [-0.4, -0.2) is 22.6 Å². The molecule has 1 N–H and O–H groups in total. The number of rotatable bonds is 2. The first-order valence-corrected chi connectivity index (χ1v) is 6.27. The minimum Gasteiger partial charge on any atom is -0.311 e. The van der Waals surface area contributed by atoms with Crippen molar-refractivity contribution in [2.75, 3.05) is 6.54 Å². The molecule has 0 aliphatic carbocycles. The molecule has 3 heteroatoms. The third-order valence-corrected chi connectivity index (χ3v) is 3.44. The highest BCUT2D eigenvalue weighted by atomic mass is 15.1. The molecule has 1 aliphatic rings. The molecule has 0 radical (unpaired) electrons. The Morgan fingerprint density at radius 2 is 1.83 bits per heavy atom. The van der Waals surface area contributed by atoms with Crippen molar-refractivity contribution in [1.29, 1.82) is 0 Å². The van der Waals surface area contributed by atoms with Gasteiger partial charge in [0.15, 0.2) is 0 Å². The lowest BCUT2D eigenvalue weighted by Crippen LogP contribution is -1.99. The minimum absolute atomic E-state index is 0.623. The van der Waals surface area contributed by atoms with Crippen molar-refractivity contribution in [1.82, 2.24) is 15.3 Å². The van der Waals surface area contributed by atoms with Crippen LogP contribution < -0.4 is 5.32 Å². The number of hydrogen-bond donors (Lipinski definition) is 1. The quantitative estimate of drug-likeness (QED) is 0.547. The molecule has 0 spiro atoms. The second-order valence-electron chi connectivity index (χ2n) is 4.82. The van der Waals surface area contributed by atoms with Crippen LogP contribution >= 0.6 is 0 Å². The Balaban J connectivity index is 1.96. The molecule has 4 rings (SSSR count). The SMILES string of the molecule is c1cnc2c(c1)ccc1ccc(CC3CN3)nc12. The van der Waals surface area contributed by atoms with E-state index in [4.69, 9.17) is 4.98 Å². The van der Waals surface area contributed by atoms with E-state index in [0.717, 1.165) is 40.5 Å². The van der Waals surface area contributed by atoms with Gasteiger partial charge in [0, 0.05) is 41.7 Å². The van der Waals surface area contributed by atoms with E-state index in [1.807, 2.05) is 12.3 Å². The van der Waals surface area contributed by atoms with Gasteiger partial charge in [-0.2, -0.15) is 0 Å². The molecule has 1 aromatic carbocycles. The Kier molecular flexibility index (Phi) is 2.08. The van der Waals surface area contributed by atoms with Crippen LogP contribution in [0.5, 0.6) is 0 Å². The summed E-state index contributed by atoms with van der Waals surface area (Å²) in [7, 11) is 0. The summed E-state index contributed by atoms with van der Waals surface area (Å²) in [4.78, 5) is 9.25. The van der Waals surface area contributed by atoms with Crippen molar-refractivity contribution in [2.24, 2.45) is 0 Å². The van der Waals surface area contributed by atoms with E-state index in [0.29, 0.717) is 6.04 Å². The maximum atomic E-state index is 4.78. The topological polar surface area (TPSA) is 47.7 Å². The summed E-state index contributed by atoms with van der Waals surface area (Å²) in [6, 6.07) is 13.2. The first kappa shape index (κ1) is 9.97. The number of fused-ring (bicyclic) bond motifs is 3. The van der Waals surface area contributed by atoms with Crippen molar-refractivity contribution < 1.29 is 0 Å². The molecule has 1 atom stereocenters. The Labute approximate surface area is 105 Å². The molecule has 2 aromatic heterocycles. The van der Waals surface area contributed by atoms with Crippen molar-refractivity contribution in [3.8, 4) is 0 Å². The van der Waals surface area contributed by atoms with Crippen LogP contribution in [0.25, 0.3) is 21.8 Å². The van der Waals surface area contributed by atoms with E-state index in [1.54, 1.807) is 0 Å². The van der Waals surface area contributed by atoms with Gasteiger partial charge in [0.05, 0.1) is 11.0 Å². The van der Waals surface area contributed by atoms with Crippen molar-refractivity contribution in [2.45, 2.75) is 12.5 Å². The molecule has 1 saturated heterocycles. The fraction of sp³-hybridized carbons (Fsp3) is 0.200. The molecule has 1 unspecified atom stereocenters. The minimum atomic E-state index is 0.623. The molecule has 3 aromatic rings. The van der Waals surface area contributed by atoms with Crippen LogP contribution in [-0.2, 0) is 6.42 Å². The highest BCUT2D eigenvalue weighted by Crippen LogP contribution is 2.22. The maximum absolute atomic E-state index is 4.78. The highest BCUT2D eigenvalue weighted by molar-refractivity contribution is 6.02. The van der Waals surface area contributed by atoms with Gasteiger partial charge in [-0.3, -0.25) is 9.97 Å². The number of pyridine rings is 2. The summed E-state index contributed by atoms with van der Waals surface area (Å²) in [6.07, 6.45) is 2.84. The van der Waals surface area contributed by atoms with E-state index < -0.39 is 0 Å². The zero-order valence-corrected chi connectivity index (χ0v) is 9.93. The highest BCUT2D eigenvalue weighted by Gasteiger charge is 2.20. The van der Waals surface area contributed by atoms with E-state index >= 15 is 0 Å². The fourth-order valence-electron chi connectivity index (χ4n) is 2.36. The molecule has 88 valence electrons. The van der Waals surface area contributed by atoms with Crippen LogP contribution in [0, 0.1) is 0 Å². The number of nitrogens with one attached hydrogen (secondary N) is 1. The van der Waals surface area contributed by atoms with Gasteiger partial charge >= 0.3 is 0 Å². The molecular weight excluding hydrogens is 222 g/mol. The molecule has 3 nitrogen and oxygen atoms in total. The van der Waals surface area contributed by atoms with Gasteiger partial charge in [0.25, 0.3) is 0 Å². The van der Waals surface area contributed by atoms with Crippen molar-refractivity contribution in [3.05, 3.63) is 48.3 Å². The first-order valence-electron chi connectivity index (χ1n) is 6.27. The van der Waals surface area contributed by atoms with Gasteiger partial charge in [0.2, 0.25) is 0 Å². The van der Waals surface area contributed by atoms with Gasteiger partial charge in [0.1, 0.15) is 0 Å². The van der Waals surface area contributed by atoms with Gasteiger partial charge in [-0.15, -0.1) is 0 Å². The Bertz CT molecular complexity index is 732. The summed E-state index contributed by atoms with van der Waals surface area (Å²) in [5.41, 5.74) is 3.17. The normalized spacial score (nSPS) is 18.3. The van der Waals surface area contributed by atoms with Gasteiger partial charge in [-0.05, 0) is 12.1 Å². The summed E-state index contributed by atoms with van der Waals surface area (Å²) >= 11 is 0. The third-order valence-electron chi connectivity index (χ3n) is 3.44. The summed E-state index contributed by atoms with van der Waals surface area (Å²) in [5.74, 6) is 0. The predicted molar refractivity (Wildman–Crippen MR) is 72.5 cm³/mol. The van der Waals surface area contributed by atoms with Crippen LogP contribution in [0.1, 0.15) is 5.69 Å². The zero-order chi connectivity index (χ0) is 11.9. The van der Waals surface area contributed by atoms with Gasteiger partial charge in [-0.25, -0.2) is 0 Å². The van der Waals surface area contributed by atoms with Crippen LogP contribution in [0.4, 0.5) is 0 Å². The van der Waals surface area contributed by atoms with Crippen LogP contribution in [0.3, 0.4) is 0 Å². The molecule has 0 bridgehead atoms. The second kappa shape index (κ2) is 3.75. The molecule has 1 aliphatic heterocycles. The monoisotopic (exact) mass is 235 g/mol.